The maximum Gasteiger partial charge on any atom is 0.224 e. The Morgan fingerprint density at radius 2 is 2.40 bits per heavy atom. The Morgan fingerprint density at radius 1 is 1.65 bits per heavy atom. The van der Waals surface area contributed by atoms with Gasteiger partial charge < -0.3 is 15.4 Å². The first-order valence-electron chi connectivity index (χ1n) is 6.57. The van der Waals surface area contributed by atoms with Crippen LogP contribution in [-0.2, 0) is 9.53 Å². The van der Waals surface area contributed by atoms with Crippen LogP contribution in [0.15, 0.2) is 18.2 Å². The van der Waals surface area contributed by atoms with E-state index in [0.29, 0.717) is 26.1 Å². The molecule has 2 rings (SSSR count). The molecule has 0 aliphatic carbocycles. The Kier molecular flexibility index (Phi) is 4.96. The maximum absolute atomic E-state index is 13.2. The molecule has 110 valence electrons. The van der Waals surface area contributed by atoms with Crippen LogP contribution in [-0.4, -0.2) is 36.5 Å². The van der Waals surface area contributed by atoms with Crippen LogP contribution >= 0.6 is 11.6 Å². The topological polar surface area (TPSA) is 55.6 Å². The van der Waals surface area contributed by atoms with Crippen molar-refractivity contribution in [2.45, 2.75) is 25.5 Å². The zero-order chi connectivity index (χ0) is 14.7. The number of halogens is 2. The van der Waals surface area contributed by atoms with Gasteiger partial charge in [0.15, 0.2) is 0 Å². The molecular formula is C14H18ClFN2O2. The fraction of sp³-hybridized carbons (Fsp3) is 0.500. The fourth-order valence-electron chi connectivity index (χ4n) is 2.19. The smallest absolute Gasteiger partial charge is 0.224 e. The molecule has 1 fully saturated rings. The molecule has 6 heteroatoms. The minimum atomic E-state index is -0.462. The summed E-state index contributed by atoms with van der Waals surface area (Å²) in [6.45, 7) is 3.24. The van der Waals surface area contributed by atoms with Gasteiger partial charge in [-0.15, -0.1) is 0 Å². The molecule has 0 spiro atoms. The summed E-state index contributed by atoms with van der Waals surface area (Å²) < 4.78 is 18.8. The minimum absolute atomic E-state index is 0.0153. The number of benzene rings is 1. The van der Waals surface area contributed by atoms with Gasteiger partial charge in [0.1, 0.15) is 11.9 Å². The van der Waals surface area contributed by atoms with Gasteiger partial charge in [0, 0.05) is 19.0 Å². The minimum Gasteiger partial charge on any atom is -0.370 e. The summed E-state index contributed by atoms with van der Waals surface area (Å²) in [6, 6.07) is 4.32. The van der Waals surface area contributed by atoms with Crippen LogP contribution in [0.1, 0.15) is 25.0 Å². The van der Waals surface area contributed by atoms with Crippen molar-refractivity contribution >= 4 is 17.5 Å². The van der Waals surface area contributed by atoms with Crippen molar-refractivity contribution in [1.29, 1.82) is 0 Å². The van der Waals surface area contributed by atoms with E-state index in [1.807, 2.05) is 0 Å². The Morgan fingerprint density at radius 3 is 3.05 bits per heavy atom. The third-order valence-electron chi connectivity index (χ3n) is 3.23. The summed E-state index contributed by atoms with van der Waals surface area (Å²) in [4.78, 5) is 13.7. The van der Waals surface area contributed by atoms with Gasteiger partial charge in [-0.2, -0.15) is 0 Å². The molecular weight excluding hydrogens is 283 g/mol. The van der Waals surface area contributed by atoms with E-state index in [0.717, 1.165) is 5.56 Å². The number of nitrogens with zero attached hydrogens (tertiary/aromatic N) is 1. The maximum atomic E-state index is 13.2. The van der Waals surface area contributed by atoms with Crippen LogP contribution in [0.5, 0.6) is 0 Å². The van der Waals surface area contributed by atoms with Gasteiger partial charge in [-0.3, -0.25) is 4.79 Å². The molecule has 0 aromatic heterocycles. The number of nitrogens with two attached hydrogens (primary N) is 1. The van der Waals surface area contributed by atoms with Crippen LogP contribution in [0, 0.1) is 5.82 Å². The standard InChI is InChI=1S/C14H18ClFN2O2/c1-9(17)6-14(19)18-4-5-20-13(8-18)10-2-3-12(16)11(15)7-10/h2-3,7,9,13H,4-6,8,17H2,1H3. The van der Waals surface area contributed by atoms with E-state index >= 15 is 0 Å². The monoisotopic (exact) mass is 300 g/mol. The Labute approximate surface area is 122 Å². The second kappa shape index (κ2) is 6.52. The number of morpholine rings is 1. The van der Waals surface area contributed by atoms with Gasteiger partial charge in [-0.25, -0.2) is 4.39 Å². The molecule has 1 aromatic carbocycles. The Hall–Kier alpha value is -1.17. The van der Waals surface area contributed by atoms with Crippen LogP contribution in [0.2, 0.25) is 5.02 Å². The van der Waals surface area contributed by atoms with Crippen molar-refractivity contribution in [2.24, 2.45) is 5.73 Å². The lowest BCUT2D eigenvalue weighted by atomic mass is 10.1. The van der Waals surface area contributed by atoms with E-state index in [-0.39, 0.29) is 23.1 Å². The average molecular weight is 301 g/mol. The van der Waals surface area contributed by atoms with Gasteiger partial charge in [-0.05, 0) is 24.6 Å². The lowest BCUT2D eigenvalue weighted by Crippen LogP contribution is -2.43. The lowest BCUT2D eigenvalue weighted by molar-refractivity contribution is -0.139. The fourth-order valence-corrected chi connectivity index (χ4v) is 2.38. The second-order valence-electron chi connectivity index (χ2n) is 5.05. The molecule has 2 unspecified atom stereocenters. The molecule has 1 amide bonds. The molecule has 1 aromatic rings. The highest BCUT2D eigenvalue weighted by Gasteiger charge is 2.26. The normalized spacial score (nSPS) is 20.8. The van der Waals surface area contributed by atoms with E-state index in [4.69, 9.17) is 22.1 Å². The number of ether oxygens (including phenoxy) is 1. The molecule has 0 radical (unpaired) electrons. The Balaban J connectivity index is 2.06. The number of hydrogen-bond acceptors (Lipinski definition) is 3. The zero-order valence-corrected chi connectivity index (χ0v) is 12.1. The molecule has 1 aliphatic heterocycles. The van der Waals surface area contributed by atoms with Crippen molar-refractivity contribution < 1.29 is 13.9 Å². The van der Waals surface area contributed by atoms with Crippen LogP contribution < -0.4 is 5.73 Å². The predicted octanol–water partition coefficient (Wildman–Crippen LogP) is 2.12. The zero-order valence-electron chi connectivity index (χ0n) is 11.3. The van der Waals surface area contributed by atoms with Crippen molar-refractivity contribution in [1.82, 2.24) is 4.90 Å². The summed E-state index contributed by atoms with van der Waals surface area (Å²) in [5.74, 6) is -0.447. The van der Waals surface area contributed by atoms with Crippen molar-refractivity contribution in [3.05, 3.63) is 34.6 Å². The summed E-state index contributed by atoms with van der Waals surface area (Å²) in [6.07, 6.45) is 0.0375. The van der Waals surface area contributed by atoms with E-state index in [2.05, 4.69) is 0 Å². The largest absolute Gasteiger partial charge is 0.370 e. The molecule has 1 aliphatic rings. The molecule has 1 heterocycles. The van der Waals surface area contributed by atoms with Crippen LogP contribution in [0.25, 0.3) is 0 Å². The Bertz CT molecular complexity index is 496. The third kappa shape index (κ3) is 3.69. The summed E-state index contributed by atoms with van der Waals surface area (Å²) in [5, 5.41) is 0.0603. The second-order valence-corrected chi connectivity index (χ2v) is 5.46. The number of hydrogen-bond donors (Lipinski definition) is 1. The molecule has 1 saturated heterocycles. The highest BCUT2D eigenvalue weighted by molar-refractivity contribution is 6.30. The van der Waals surface area contributed by atoms with Gasteiger partial charge in [-0.1, -0.05) is 17.7 Å². The number of amides is 1. The quantitative estimate of drug-likeness (QED) is 0.930. The van der Waals surface area contributed by atoms with Crippen LogP contribution in [0.3, 0.4) is 0 Å². The summed E-state index contributed by atoms with van der Waals surface area (Å²) in [5.41, 5.74) is 6.42. The predicted molar refractivity (Wildman–Crippen MR) is 74.9 cm³/mol. The molecule has 4 nitrogen and oxygen atoms in total. The highest BCUT2D eigenvalue weighted by atomic mass is 35.5. The average Bonchev–Trinajstić information content (AvgIpc) is 2.41. The van der Waals surface area contributed by atoms with Gasteiger partial charge in [0.25, 0.3) is 0 Å². The van der Waals surface area contributed by atoms with E-state index < -0.39 is 5.82 Å². The van der Waals surface area contributed by atoms with Gasteiger partial charge >= 0.3 is 0 Å². The number of carbonyl (C=O) groups is 1. The molecule has 0 bridgehead atoms. The van der Waals surface area contributed by atoms with Crippen molar-refractivity contribution in [3.8, 4) is 0 Å². The summed E-state index contributed by atoms with van der Waals surface area (Å²) >= 11 is 5.77. The number of rotatable bonds is 3. The third-order valence-corrected chi connectivity index (χ3v) is 3.52. The van der Waals surface area contributed by atoms with Crippen molar-refractivity contribution in [2.75, 3.05) is 19.7 Å². The lowest BCUT2D eigenvalue weighted by Gasteiger charge is -2.33. The van der Waals surface area contributed by atoms with Crippen LogP contribution in [0.4, 0.5) is 4.39 Å². The highest BCUT2D eigenvalue weighted by Crippen LogP contribution is 2.26. The molecule has 2 N–H and O–H groups in total. The summed E-state index contributed by atoms with van der Waals surface area (Å²) in [7, 11) is 0. The molecule has 20 heavy (non-hydrogen) atoms. The SMILES string of the molecule is CC(N)CC(=O)N1CCOC(c2ccc(F)c(Cl)c2)C1. The molecule has 2 atom stereocenters. The van der Waals surface area contributed by atoms with Gasteiger partial charge in [0.05, 0.1) is 18.2 Å². The molecule has 0 saturated carbocycles. The van der Waals surface area contributed by atoms with Crippen molar-refractivity contribution in [3.63, 3.8) is 0 Å². The van der Waals surface area contributed by atoms with E-state index in [9.17, 15) is 9.18 Å². The van der Waals surface area contributed by atoms with E-state index in [1.165, 1.54) is 6.07 Å². The number of carbonyl (C=O) groups excluding carboxylic acids is 1. The van der Waals surface area contributed by atoms with Gasteiger partial charge in [0.2, 0.25) is 5.91 Å². The first-order chi connectivity index (χ1) is 9.47. The first kappa shape index (κ1) is 15.2. The first-order valence-corrected chi connectivity index (χ1v) is 6.95. The van der Waals surface area contributed by atoms with E-state index in [1.54, 1.807) is 24.0 Å².